The Balaban J connectivity index is 0. The molecule has 7 heteroatoms. The van der Waals surface area contributed by atoms with Crippen molar-refractivity contribution in [2.24, 2.45) is 0 Å². The molecule has 0 atom stereocenters. The van der Waals surface area contributed by atoms with E-state index in [0.29, 0.717) is 0 Å². The van der Waals surface area contributed by atoms with Gasteiger partial charge >= 0.3 is 35.5 Å². The number of hydrogen-bond acceptors (Lipinski definition) is 4. The molecule has 13 heavy (non-hydrogen) atoms. The average Bonchev–Trinajstić information content (AvgIpc) is 1.84. The average molecular weight is 217 g/mol. The van der Waals surface area contributed by atoms with Crippen molar-refractivity contribution in [2.45, 2.75) is 6.92 Å². The maximum atomic E-state index is 10.6. The second-order valence-electron chi connectivity index (χ2n) is 2.20. The molecule has 0 fully saturated rings. The van der Waals surface area contributed by atoms with Crippen molar-refractivity contribution in [3.05, 3.63) is 12.2 Å². The molecule has 0 aliphatic carbocycles. The van der Waals surface area contributed by atoms with Gasteiger partial charge in [-0.3, -0.25) is 4.55 Å². The number of hydrogen-bond donors (Lipinski definition) is 1. The number of esters is 1. The molecule has 0 aliphatic rings. The van der Waals surface area contributed by atoms with E-state index in [9.17, 15) is 13.2 Å². The first-order valence-electron chi connectivity index (χ1n) is 3.11. The molecule has 0 saturated heterocycles. The van der Waals surface area contributed by atoms with Gasteiger partial charge in [0, 0.05) is 5.57 Å². The Morgan fingerprint density at radius 2 is 2.00 bits per heavy atom. The van der Waals surface area contributed by atoms with E-state index in [1.807, 2.05) is 0 Å². The van der Waals surface area contributed by atoms with Gasteiger partial charge in [0.15, 0.2) is 0 Å². The Morgan fingerprint density at radius 1 is 1.54 bits per heavy atom. The van der Waals surface area contributed by atoms with E-state index in [1.54, 1.807) is 0 Å². The molecule has 0 aromatic heterocycles. The van der Waals surface area contributed by atoms with E-state index in [1.165, 1.54) is 6.92 Å². The largest absolute Gasteiger partial charge is 1.00 e. The van der Waals surface area contributed by atoms with Gasteiger partial charge in [0.05, 0.1) is 0 Å². The van der Waals surface area contributed by atoms with Crippen LogP contribution in [0, 0.1) is 0 Å². The molecule has 0 heterocycles. The summed E-state index contributed by atoms with van der Waals surface area (Å²) in [5.74, 6) is -1.26. The van der Waals surface area contributed by atoms with Gasteiger partial charge < -0.3 is 4.74 Å². The molecule has 0 amide bonds. The molecule has 0 bridgehead atoms. The van der Waals surface area contributed by atoms with Crippen LogP contribution in [-0.2, 0) is 19.6 Å². The van der Waals surface area contributed by atoms with Gasteiger partial charge in [-0.15, -0.1) is 0 Å². The summed E-state index contributed by atoms with van der Waals surface area (Å²) >= 11 is 0. The van der Waals surface area contributed by atoms with E-state index in [0.717, 1.165) is 0 Å². The van der Waals surface area contributed by atoms with Gasteiger partial charge in [0.2, 0.25) is 0 Å². The van der Waals surface area contributed by atoms with Crippen molar-refractivity contribution in [1.29, 1.82) is 0 Å². The van der Waals surface area contributed by atoms with Gasteiger partial charge in [0.25, 0.3) is 10.1 Å². The normalized spacial score (nSPS) is 10.0. The van der Waals surface area contributed by atoms with Crippen molar-refractivity contribution in [2.75, 3.05) is 12.4 Å². The summed E-state index contributed by atoms with van der Waals surface area (Å²) in [5, 5.41) is 0. The summed E-state index contributed by atoms with van der Waals surface area (Å²) in [4.78, 5) is 10.6. The fourth-order valence-electron chi connectivity index (χ4n) is 0.363. The molecule has 0 rings (SSSR count). The fourth-order valence-corrected chi connectivity index (χ4v) is 0.657. The minimum Gasteiger partial charge on any atom is -0.461 e. The van der Waals surface area contributed by atoms with Crippen molar-refractivity contribution in [1.82, 2.24) is 0 Å². The van der Waals surface area contributed by atoms with Crippen LogP contribution in [0.5, 0.6) is 0 Å². The van der Waals surface area contributed by atoms with Crippen molar-refractivity contribution in [3.63, 3.8) is 0 Å². The molecule has 0 aromatic rings. The zero-order chi connectivity index (χ0) is 9.78. The third kappa shape index (κ3) is 10.0. The van der Waals surface area contributed by atoms with Gasteiger partial charge in [0.1, 0.15) is 12.4 Å². The van der Waals surface area contributed by atoms with Gasteiger partial charge in [-0.25, -0.2) is 4.79 Å². The first-order valence-corrected chi connectivity index (χ1v) is 4.71. The molecule has 0 unspecified atom stereocenters. The minimum absolute atomic E-state index is 0. The van der Waals surface area contributed by atoms with Gasteiger partial charge in [-0.05, 0) is 6.92 Å². The maximum Gasteiger partial charge on any atom is 1.00 e. The van der Waals surface area contributed by atoms with E-state index in [4.69, 9.17) is 4.55 Å². The van der Waals surface area contributed by atoms with Crippen molar-refractivity contribution < 1.29 is 52.1 Å². The topological polar surface area (TPSA) is 80.7 Å². The Labute approximate surface area is 99.2 Å². The Hall–Kier alpha value is 0.120. The SMILES string of the molecule is C=C(C)C(=O)OCCS(=O)(=O)O.[Na+]. The van der Waals surface area contributed by atoms with Crippen LogP contribution < -0.4 is 29.6 Å². The minimum atomic E-state index is -4.05. The zero-order valence-electron chi connectivity index (χ0n) is 7.61. The standard InChI is InChI=1S/C6H10O5S.Na/c1-5(2)6(7)11-3-4-12(8,9)10;/h1,3-4H2,2H3,(H,8,9,10);/q;+1. The molecule has 0 aliphatic heterocycles. The maximum absolute atomic E-state index is 10.6. The Bertz CT molecular complexity index is 281. The summed E-state index contributed by atoms with van der Waals surface area (Å²) in [6.07, 6.45) is 0. The first-order chi connectivity index (χ1) is 5.33. The molecule has 0 saturated carbocycles. The van der Waals surface area contributed by atoms with E-state index in [2.05, 4.69) is 11.3 Å². The van der Waals surface area contributed by atoms with Crippen LogP contribution in [0.2, 0.25) is 0 Å². The molecule has 1 N–H and O–H groups in total. The van der Waals surface area contributed by atoms with Gasteiger partial charge in [-0.1, -0.05) is 6.58 Å². The van der Waals surface area contributed by atoms with E-state index in [-0.39, 0.29) is 41.7 Å². The smallest absolute Gasteiger partial charge is 0.461 e. The molecule has 5 nitrogen and oxygen atoms in total. The number of rotatable bonds is 4. The molecule has 0 spiro atoms. The molecule has 0 aromatic carbocycles. The van der Waals surface area contributed by atoms with Crippen LogP contribution in [0.3, 0.4) is 0 Å². The Morgan fingerprint density at radius 3 is 2.31 bits per heavy atom. The van der Waals surface area contributed by atoms with Crippen LogP contribution in [-0.4, -0.2) is 31.3 Å². The zero-order valence-corrected chi connectivity index (χ0v) is 10.4. The fraction of sp³-hybridized carbons (Fsp3) is 0.500. The predicted octanol–water partition coefficient (Wildman–Crippen LogP) is -3.00. The summed E-state index contributed by atoms with van der Waals surface area (Å²) in [6.45, 7) is 4.37. The third-order valence-corrected chi connectivity index (χ3v) is 1.61. The predicted molar refractivity (Wildman–Crippen MR) is 42.2 cm³/mol. The second kappa shape index (κ2) is 6.56. The third-order valence-electron chi connectivity index (χ3n) is 0.923. The van der Waals surface area contributed by atoms with Crippen LogP contribution in [0.15, 0.2) is 12.2 Å². The van der Waals surface area contributed by atoms with E-state index >= 15 is 0 Å². The summed E-state index contributed by atoms with van der Waals surface area (Å²) < 4.78 is 32.9. The van der Waals surface area contributed by atoms with Crippen LogP contribution in [0.1, 0.15) is 6.92 Å². The Kier molecular flexibility index (Phi) is 7.86. The van der Waals surface area contributed by atoms with Crippen LogP contribution >= 0.6 is 0 Å². The quantitative estimate of drug-likeness (QED) is 0.235. The second-order valence-corrected chi connectivity index (χ2v) is 3.77. The monoisotopic (exact) mass is 217 g/mol. The van der Waals surface area contributed by atoms with Crippen molar-refractivity contribution in [3.8, 4) is 0 Å². The summed E-state index contributed by atoms with van der Waals surface area (Å²) in [7, 11) is -4.05. The summed E-state index contributed by atoms with van der Waals surface area (Å²) in [5.41, 5.74) is 0.185. The number of ether oxygens (including phenoxy) is 1. The number of carbonyl (C=O) groups is 1. The van der Waals surface area contributed by atoms with Crippen molar-refractivity contribution >= 4 is 16.1 Å². The van der Waals surface area contributed by atoms with Crippen LogP contribution in [0.25, 0.3) is 0 Å². The molecular weight excluding hydrogens is 207 g/mol. The summed E-state index contributed by atoms with van der Waals surface area (Å²) in [6, 6.07) is 0. The molecular formula is C6H10NaO5S+. The molecule has 70 valence electrons. The van der Waals surface area contributed by atoms with Gasteiger partial charge in [-0.2, -0.15) is 8.42 Å². The molecule has 0 radical (unpaired) electrons. The number of carbonyl (C=O) groups excluding carboxylic acids is 1. The van der Waals surface area contributed by atoms with Crippen LogP contribution in [0.4, 0.5) is 0 Å². The first kappa shape index (κ1) is 15.6. The van der Waals surface area contributed by atoms with E-state index < -0.39 is 21.8 Å².